The number of aromatic nitrogens is 3. The van der Waals surface area contributed by atoms with Crippen molar-refractivity contribution in [3.63, 3.8) is 0 Å². The maximum atomic E-state index is 12.6. The fraction of sp³-hybridized carbons (Fsp3) is 0.409. The van der Waals surface area contributed by atoms with Gasteiger partial charge in [-0.1, -0.05) is 30.3 Å². The number of hydrogen-bond donors (Lipinski definition) is 1. The van der Waals surface area contributed by atoms with Crippen molar-refractivity contribution in [2.75, 3.05) is 13.1 Å². The maximum Gasteiger partial charge on any atom is 0.317 e. The molecule has 0 bridgehead atoms. The van der Waals surface area contributed by atoms with Crippen LogP contribution in [0.5, 0.6) is 0 Å². The minimum Gasteiger partial charge on any atom is -0.336 e. The first kappa shape index (κ1) is 19.2. The van der Waals surface area contributed by atoms with E-state index in [1.807, 2.05) is 43.0 Å². The van der Waals surface area contributed by atoms with Gasteiger partial charge in [0, 0.05) is 49.4 Å². The first-order valence-electron chi connectivity index (χ1n) is 10.2. The Morgan fingerprint density at radius 2 is 1.90 bits per heavy atom. The average Bonchev–Trinajstić information content (AvgIpc) is 3.21. The number of carbonyl (C=O) groups excluding carboxylic acids is 1. The van der Waals surface area contributed by atoms with E-state index >= 15 is 0 Å². The van der Waals surface area contributed by atoms with Gasteiger partial charge in [0.1, 0.15) is 5.65 Å². The average molecular weight is 393 g/mol. The molecule has 0 aliphatic carbocycles. The molecule has 0 atom stereocenters. The molecule has 2 aromatic heterocycles. The van der Waals surface area contributed by atoms with Crippen LogP contribution in [0.2, 0.25) is 0 Å². The third kappa shape index (κ3) is 4.04. The normalized spacial score (nSPS) is 15.2. The van der Waals surface area contributed by atoms with Crippen LogP contribution in [-0.4, -0.2) is 44.2 Å². The number of fused-ring (bicyclic) bond motifs is 1. The molecule has 0 spiro atoms. The number of rotatable bonds is 4. The molecule has 0 radical (unpaired) electrons. The second-order valence-electron chi connectivity index (χ2n) is 7.95. The molecule has 4 rings (SSSR count). The summed E-state index contributed by atoms with van der Waals surface area (Å²) >= 11 is 0. The molecule has 1 aromatic carbocycles. The van der Waals surface area contributed by atoms with Gasteiger partial charge in [0.05, 0.1) is 6.20 Å². The molecule has 1 aliphatic rings. The van der Waals surface area contributed by atoms with Gasteiger partial charge in [0.2, 0.25) is 0 Å². The predicted octanol–water partition coefficient (Wildman–Crippen LogP) is 2.84. The van der Waals surface area contributed by atoms with Gasteiger partial charge < -0.3 is 14.8 Å². The van der Waals surface area contributed by atoms with Crippen LogP contribution in [0, 0.1) is 0 Å². The second-order valence-corrected chi connectivity index (χ2v) is 7.95. The lowest BCUT2D eigenvalue weighted by molar-refractivity contribution is 0.178. The molecule has 29 heavy (non-hydrogen) atoms. The van der Waals surface area contributed by atoms with E-state index in [0.717, 1.165) is 24.2 Å². The van der Waals surface area contributed by atoms with E-state index in [0.29, 0.717) is 19.6 Å². The third-order valence-corrected chi connectivity index (χ3v) is 5.49. The fourth-order valence-electron chi connectivity index (χ4n) is 4.06. The zero-order valence-corrected chi connectivity index (χ0v) is 16.9. The van der Waals surface area contributed by atoms with E-state index in [4.69, 9.17) is 0 Å². The van der Waals surface area contributed by atoms with Gasteiger partial charge in [-0.15, -0.1) is 0 Å². The van der Waals surface area contributed by atoms with E-state index in [1.165, 1.54) is 10.1 Å². The molecule has 2 amide bonds. The second kappa shape index (κ2) is 8.11. The van der Waals surface area contributed by atoms with Crippen LogP contribution in [0.1, 0.15) is 43.9 Å². The van der Waals surface area contributed by atoms with E-state index in [1.54, 1.807) is 12.3 Å². The van der Waals surface area contributed by atoms with Gasteiger partial charge >= 0.3 is 6.03 Å². The SMILES string of the molecule is CC(C)NC(=O)N1CCC(c2cc(=O)n3nccc3n2Cc2ccccc2)CC1. The zero-order valence-electron chi connectivity index (χ0n) is 16.9. The van der Waals surface area contributed by atoms with Crippen molar-refractivity contribution in [1.82, 2.24) is 24.4 Å². The number of amides is 2. The molecule has 3 aromatic rings. The first-order chi connectivity index (χ1) is 14.0. The van der Waals surface area contributed by atoms with E-state index in [-0.39, 0.29) is 23.6 Å². The standard InChI is InChI=1S/C22H27N5O2/c1-16(2)24-22(29)25-12-9-18(10-13-25)19-14-21(28)27-20(8-11-23-27)26(19)15-17-6-4-3-5-7-17/h3-8,11,14,16,18H,9-10,12-13,15H2,1-2H3,(H,24,29). The largest absolute Gasteiger partial charge is 0.336 e. The molecular weight excluding hydrogens is 366 g/mol. The summed E-state index contributed by atoms with van der Waals surface area (Å²) < 4.78 is 3.65. The molecule has 1 N–H and O–H groups in total. The molecule has 7 nitrogen and oxygen atoms in total. The molecule has 3 heterocycles. The van der Waals surface area contributed by atoms with Crippen LogP contribution >= 0.6 is 0 Å². The van der Waals surface area contributed by atoms with Gasteiger partial charge in [-0.25, -0.2) is 4.79 Å². The highest BCUT2D eigenvalue weighted by Gasteiger charge is 2.27. The third-order valence-electron chi connectivity index (χ3n) is 5.49. The van der Waals surface area contributed by atoms with Crippen LogP contribution in [0.3, 0.4) is 0 Å². The molecule has 0 saturated carbocycles. The number of hydrogen-bond acceptors (Lipinski definition) is 3. The predicted molar refractivity (Wildman–Crippen MR) is 112 cm³/mol. The fourth-order valence-corrected chi connectivity index (χ4v) is 4.06. The Balaban J connectivity index is 1.63. The van der Waals surface area contributed by atoms with Crippen molar-refractivity contribution < 1.29 is 4.79 Å². The summed E-state index contributed by atoms with van der Waals surface area (Å²) in [4.78, 5) is 26.8. The van der Waals surface area contributed by atoms with Crippen LogP contribution in [0.25, 0.3) is 5.65 Å². The van der Waals surface area contributed by atoms with Crippen LogP contribution in [-0.2, 0) is 6.54 Å². The molecular formula is C22H27N5O2. The summed E-state index contributed by atoms with van der Waals surface area (Å²) in [5, 5.41) is 7.15. The highest BCUT2D eigenvalue weighted by molar-refractivity contribution is 5.74. The van der Waals surface area contributed by atoms with Crippen molar-refractivity contribution in [3.05, 3.63) is 70.3 Å². The molecule has 152 valence electrons. The minimum atomic E-state index is -0.107. The number of nitrogens with one attached hydrogen (secondary N) is 1. The van der Waals surface area contributed by atoms with Gasteiger partial charge in [-0.05, 0) is 32.3 Å². The molecule has 1 aliphatic heterocycles. The van der Waals surface area contributed by atoms with Gasteiger partial charge in [0.25, 0.3) is 5.56 Å². The zero-order chi connectivity index (χ0) is 20.4. The van der Waals surface area contributed by atoms with Crippen molar-refractivity contribution in [1.29, 1.82) is 0 Å². The topological polar surface area (TPSA) is 71.6 Å². The Kier molecular flexibility index (Phi) is 5.38. The summed E-state index contributed by atoms with van der Waals surface area (Å²) in [6.45, 7) is 5.99. The minimum absolute atomic E-state index is 0.00799. The smallest absolute Gasteiger partial charge is 0.317 e. The lowest BCUT2D eigenvalue weighted by Crippen LogP contribution is -2.46. The summed E-state index contributed by atoms with van der Waals surface area (Å²) in [5.74, 6) is 0.231. The van der Waals surface area contributed by atoms with Crippen molar-refractivity contribution in [3.8, 4) is 0 Å². The van der Waals surface area contributed by atoms with Gasteiger partial charge in [-0.2, -0.15) is 9.61 Å². The number of piperidine rings is 1. The molecule has 7 heteroatoms. The monoisotopic (exact) mass is 393 g/mol. The van der Waals surface area contributed by atoms with Gasteiger partial charge in [0.15, 0.2) is 0 Å². The molecule has 1 saturated heterocycles. The molecule has 0 unspecified atom stereocenters. The highest BCUT2D eigenvalue weighted by atomic mass is 16.2. The number of benzene rings is 1. The quantitative estimate of drug-likeness (QED) is 0.741. The Hall–Kier alpha value is -3.09. The number of urea groups is 1. The van der Waals surface area contributed by atoms with Crippen LogP contribution in [0.15, 0.2) is 53.5 Å². The number of likely N-dealkylation sites (tertiary alicyclic amines) is 1. The van der Waals surface area contributed by atoms with Crippen LogP contribution < -0.4 is 10.9 Å². The summed E-state index contributed by atoms with van der Waals surface area (Å²) in [7, 11) is 0. The Morgan fingerprint density at radius 3 is 2.59 bits per heavy atom. The Morgan fingerprint density at radius 1 is 1.17 bits per heavy atom. The van der Waals surface area contributed by atoms with Crippen molar-refractivity contribution in [2.45, 2.75) is 45.2 Å². The number of carbonyl (C=O) groups is 1. The van der Waals surface area contributed by atoms with Crippen molar-refractivity contribution >= 4 is 11.7 Å². The van der Waals surface area contributed by atoms with E-state index < -0.39 is 0 Å². The maximum absolute atomic E-state index is 12.6. The summed E-state index contributed by atoms with van der Waals surface area (Å²) in [6.07, 6.45) is 3.34. The van der Waals surface area contributed by atoms with Crippen molar-refractivity contribution in [2.24, 2.45) is 0 Å². The summed E-state index contributed by atoms with van der Waals surface area (Å²) in [6, 6.07) is 14.0. The van der Waals surface area contributed by atoms with E-state index in [9.17, 15) is 9.59 Å². The lowest BCUT2D eigenvalue weighted by Gasteiger charge is -2.33. The first-order valence-corrected chi connectivity index (χ1v) is 10.2. The lowest BCUT2D eigenvalue weighted by atomic mass is 9.92. The molecule has 1 fully saturated rings. The Bertz CT molecular complexity index is 1050. The Labute approximate surface area is 170 Å². The van der Waals surface area contributed by atoms with Gasteiger partial charge in [-0.3, -0.25) is 4.79 Å². The highest BCUT2D eigenvalue weighted by Crippen LogP contribution is 2.29. The number of nitrogens with zero attached hydrogens (tertiary/aromatic N) is 4. The summed E-state index contributed by atoms with van der Waals surface area (Å²) in [5.41, 5.74) is 2.89. The van der Waals surface area contributed by atoms with Crippen LogP contribution in [0.4, 0.5) is 4.79 Å². The van der Waals surface area contributed by atoms with E-state index in [2.05, 4.69) is 27.1 Å².